The van der Waals surface area contributed by atoms with Gasteiger partial charge >= 0.3 is 0 Å². The van der Waals surface area contributed by atoms with E-state index in [1.165, 1.54) is 0 Å². The Kier molecular flexibility index (Phi) is 2.09. The van der Waals surface area contributed by atoms with E-state index < -0.39 is 5.41 Å². The number of hydrogen-bond acceptors (Lipinski definition) is 2. The minimum atomic E-state index is -0.465. The van der Waals surface area contributed by atoms with Gasteiger partial charge in [-0.25, -0.2) is 0 Å². The van der Waals surface area contributed by atoms with Gasteiger partial charge < -0.3 is 10.6 Å². The number of anilines is 1. The van der Waals surface area contributed by atoms with Crippen LogP contribution in [0.15, 0.2) is 18.2 Å². The maximum atomic E-state index is 12.5. The number of carbonyl (C=O) groups is 1. The van der Waals surface area contributed by atoms with Crippen molar-refractivity contribution in [1.82, 2.24) is 0 Å². The average Bonchev–Trinajstić information content (AvgIpc) is 3.10. The number of nitrogens with zero attached hydrogens (tertiary/aromatic N) is 1. The van der Waals surface area contributed by atoms with Crippen molar-refractivity contribution >= 4 is 17.4 Å². The SMILES string of the molecule is CC1(C)C(=O)N(C2CC2)c2cc(C(=N)N)ccc21. The summed E-state index contributed by atoms with van der Waals surface area (Å²) >= 11 is 0. The van der Waals surface area contributed by atoms with Gasteiger partial charge in [-0.05, 0) is 38.3 Å². The molecule has 1 amide bonds. The molecular formula is C14H17N3O. The van der Waals surface area contributed by atoms with E-state index >= 15 is 0 Å². The van der Waals surface area contributed by atoms with Gasteiger partial charge in [0, 0.05) is 17.3 Å². The zero-order valence-corrected chi connectivity index (χ0v) is 10.7. The lowest BCUT2D eigenvalue weighted by Gasteiger charge is -2.19. The first-order chi connectivity index (χ1) is 8.43. The normalized spacial score (nSPS) is 21.0. The number of hydrogen-bond donors (Lipinski definition) is 2. The van der Waals surface area contributed by atoms with Crippen molar-refractivity contribution in [3.05, 3.63) is 29.3 Å². The van der Waals surface area contributed by atoms with Crippen LogP contribution in [-0.2, 0) is 10.2 Å². The summed E-state index contributed by atoms with van der Waals surface area (Å²) in [4.78, 5) is 14.4. The number of rotatable bonds is 2. The molecule has 3 rings (SSSR count). The topological polar surface area (TPSA) is 70.2 Å². The second-order valence-electron chi connectivity index (χ2n) is 5.68. The maximum absolute atomic E-state index is 12.5. The monoisotopic (exact) mass is 243 g/mol. The van der Waals surface area contributed by atoms with Crippen LogP contribution in [0.2, 0.25) is 0 Å². The van der Waals surface area contributed by atoms with Gasteiger partial charge in [-0.1, -0.05) is 12.1 Å². The summed E-state index contributed by atoms with van der Waals surface area (Å²) < 4.78 is 0. The fourth-order valence-corrected chi connectivity index (χ4v) is 2.65. The van der Waals surface area contributed by atoms with Gasteiger partial charge in [0.25, 0.3) is 0 Å². The maximum Gasteiger partial charge on any atom is 0.237 e. The minimum Gasteiger partial charge on any atom is -0.384 e. The fraction of sp³-hybridized carbons (Fsp3) is 0.429. The molecule has 4 heteroatoms. The van der Waals surface area contributed by atoms with E-state index in [1.54, 1.807) is 0 Å². The van der Waals surface area contributed by atoms with Crippen molar-refractivity contribution in [3.8, 4) is 0 Å². The molecule has 2 aliphatic rings. The number of carbonyl (C=O) groups excluding carboxylic acids is 1. The van der Waals surface area contributed by atoms with Crippen LogP contribution in [0.5, 0.6) is 0 Å². The molecule has 1 fully saturated rings. The molecule has 4 nitrogen and oxygen atoms in total. The molecule has 1 saturated carbocycles. The first-order valence-corrected chi connectivity index (χ1v) is 6.25. The van der Waals surface area contributed by atoms with Crippen molar-refractivity contribution in [3.63, 3.8) is 0 Å². The van der Waals surface area contributed by atoms with Gasteiger partial charge in [0.15, 0.2) is 0 Å². The Labute approximate surface area is 106 Å². The Balaban J connectivity index is 2.17. The predicted molar refractivity (Wildman–Crippen MR) is 71.0 cm³/mol. The second-order valence-corrected chi connectivity index (χ2v) is 5.68. The standard InChI is InChI=1S/C14H17N3O/c1-14(2)10-6-3-8(12(15)16)7-11(10)17(13(14)18)9-4-5-9/h3,6-7,9H,4-5H2,1-2H3,(H3,15,16). The molecule has 0 radical (unpaired) electrons. The number of nitrogens with one attached hydrogen (secondary N) is 1. The van der Waals surface area contributed by atoms with Crippen molar-refractivity contribution in [2.75, 3.05) is 4.90 Å². The van der Waals surface area contributed by atoms with Gasteiger partial charge in [-0.3, -0.25) is 10.2 Å². The second kappa shape index (κ2) is 3.34. The van der Waals surface area contributed by atoms with Crippen molar-refractivity contribution in [1.29, 1.82) is 5.41 Å². The summed E-state index contributed by atoms with van der Waals surface area (Å²) in [6.45, 7) is 3.92. The van der Waals surface area contributed by atoms with Crippen LogP contribution in [0.3, 0.4) is 0 Å². The predicted octanol–water partition coefficient (Wildman–Crippen LogP) is 1.76. The molecule has 1 aliphatic heterocycles. The molecule has 18 heavy (non-hydrogen) atoms. The Bertz CT molecular complexity index is 558. The lowest BCUT2D eigenvalue weighted by molar-refractivity contribution is -0.122. The molecule has 1 heterocycles. The molecule has 0 saturated heterocycles. The molecule has 1 aromatic rings. The molecule has 0 atom stereocenters. The Hall–Kier alpha value is -1.84. The molecular weight excluding hydrogens is 226 g/mol. The molecule has 0 aromatic heterocycles. The highest BCUT2D eigenvalue weighted by Crippen LogP contribution is 2.46. The zero-order valence-electron chi connectivity index (χ0n) is 10.7. The Morgan fingerprint density at radius 2 is 2.11 bits per heavy atom. The van der Waals surface area contributed by atoms with E-state index in [-0.39, 0.29) is 11.7 Å². The number of amidine groups is 1. The van der Waals surface area contributed by atoms with Crippen LogP contribution in [0, 0.1) is 5.41 Å². The lowest BCUT2D eigenvalue weighted by atomic mass is 9.86. The molecule has 0 bridgehead atoms. The van der Waals surface area contributed by atoms with Crippen LogP contribution < -0.4 is 10.6 Å². The van der Waals surface area contributed by atoms with Crippen molar-refractivity contribution in [2.24, 2.45) is 5.73 Å². The number of nitrogen functional groups attached to an aromatic ring is 1. The Morgan fingerprint density at radius 1 is 1.44 bits per heavy atom. The van der Waals surface area contributed by atoms with E-state index in [0.29, 0.717) is 11.6 Å². The summed E-state index contributed by atoms with van der Waals surface area (Å²) in [6, 6.07) is 5.99. The Morgan fingerprint density at radius 3 is 2.67 bits per heavy atom. The van der Waals surface area contributed by atoms with Crippen LogP contribution in [0.1, 0.15) is 37.8 Å². The molecule has 1 aliphatic carbocycles. The van der Waals surface area contributed by atoms with Gasteiger partial charge in [0.2, 0.25) is 5.91 Å². The summed E-state index contributed by atoms with van der Waals surface area (Å²) in [5, 5.41) is 7.51. The fourth-order valence-electron chi connectivity index (χ4n) is 2.65. The minimum absolute atomic E-state index is 0.0469. The van der Waals surface area contributed by atoms with Crippen molar-refractivity contribution in [2.45, 2.75) is 38.1 Å². The third-order valence-corrected chi connectivity index (χ3v) is 3.91. The third-order valence-electron chi connectivity index (χ3n) is 3.91. The van der Waals surface area contributed by atoms with E-state index in [9.17, 15) is 4.79 Å². The van der Waals surface area contributed by atoms with E-state index in [1.807, 2.05) is 36.9 Å². The number of nitrogens with two attached hydrogens (primary N) is 1. The summed E-state index contributed by atoms with van der Waals surface area (Å²) in [5.74, 6) is 0.214. The number of amides is 1. The van der Waals surface area contributed by atoms with E-state index in [0.717, 1.165) is 24.1 Å². The highest BCUT2D eigenvalue weighted by atomic mass is 16.2. The first kappa shape index (κ1) is 11.3. The smallest absolute Gasteiger partial charge is 0.237 e. The van der Waals surface area contributed by atoms with Gasteiger partial charge in [0.1, 0.15) is 5.84 Å². The largest absolute Gasteiger partial charge is 0.384 e. The summed E-state index contributed by atoms with van der Waals surface area (Å²) in [6.07, 6.45) is 2.15. The van der Waals surface area contributed by atoms with E-state index in [2.05, 4.69) is 0 Å². The molecule has 0 spiro atoms. The van der Waals surface area contributed by atoms with Crippen molar-refractivity contribution < 1.29 is 4.79 Å². The molecule has 94 valence electrons. The molecule has 0 unspecified atom stereocenters. The number of benzene rings is 1. The summed E-state index contributed by atoms with van der Waals surface area (Å²) in [5.41, 5.74) is 7.74. The highest BCUT2D eigenvalue weighted by Gasteiger charge is 2.48. The first-order valence-electron chi connectivity index (χ1n) is 6.25. The zero-order chi connectivity index (χ0) is 13.1. The van der Waals surface area contributed by atoms with Gasteiger partial charge in [-0.2, -0.15) is 0 Å². The molecule has 1 aromatic carbocycles. The van der Waals surface area contributed by atoms with Crippen LogP contribution in [0.25, 0.3) is 0 Å². The van der Waals surface area contributed by atoms with E-state index in [4.69, 9.17) is 11.1 Å². The number of fused-ring (bicyclic) bond motifs is 1. The van der Waals surface area contributed by atoms with Gasteiger partial charge in [0.05, 0.1) is 5.41 Å². The highest BCUT2D eigenvalue weighted by molar-refractivity contribution is 6.09. The van der Waals surface area contributed by atoms with Crippen LogP contribution >= 0.6 is 0 Å². The lowest BCUT2D eigenvalue weighted by Crippen LogP contribution is -2.37. The molecule has 3 N–H and O–H groups in total. The quantitative estimate of drug-likeness (QED) is 0.613. The van der Waals surface area contributed by atoms with Crippen LogP contribution in [-0.4, -0.2) is 17.8 Å². The third kappa shape index (κ3) is 1.38. The van der Waals surface area contributed by atoms with Gasteiger partial charge in [-0.15, -0.1) is 0 Å². The summed E-state index contributed by atoms with van der Waals surface area (Å²) in [7, 11) is 0. The van der Waals surface area contributed by atoms with Crippen LogP contribution in [0.4, 0.5) is 5.69 Å². The average molecular weight is 243 g/mol.